The van der Waals surface area contributed by atoms with Crippen LogP contribution in [-0.2, 0) is 13.0 Å². The first-order valence-corrected chi connectivity index (χ1v) is 5.99. The molecule has 0 fully saturated rings. The first-order valence-electron chi connectivity index (χ1n) is 4.76. The Morgan fingerprint density at radius 1 is 1.53 bits per heavy atom. The number of nitriles is 1. The lowest BCUT2D eigenvalue weighted by molar-refractivity contribution is 0.279. The summed E-state index contributed by atoms with van der Waals surface area (Å²) in [6.45, 7) is 3.81. The molecule has 0 bridgehead atoms. The number of hydrogen-bond acceptors (Lipinski definition) is 4. The van der Waals surface area contributed by atoms with Crippen LogP contribution in [0.3, 0.4) is 0 Å². The van der Waals surface area contributed by atoms with Crippen molar-refractivity contribution in [3.8, 4) is 6.07 Å². The van der Waals surface area contributed by atoms with Crippen LogP contribution in [0, 0.1) is 18.3 Å². The average molecular weight is 222 g/mol. The van der Waals surface area contributed by atoms with Gasteiger partial charge in [-0.1, -0.05) is 6.92 Å². The number of aliphatic hydroxyl groups is 1. The lowest BCUT2D eigenvalue weighted by Gasteiger charge is -2.12. The van der Waals surface area contributed by atoms with E-state index in [4.69, 9.17) is 5.26 Å². The minimum atomic E-state index is -0.0503. The first-order chi connectivity index (χ1) is 7.19. The van der Waals surface area contributed by atoms with Gasteiger partial charge in [-0.25, -0.2) is 4.98 Å². The van der Waals surface area contributed by atoms with E-state index in [0.29, 0.717) is 5.56 Å². The average Bonchev–Trinajstić information content (AvgIpc) is 2.27. The van der Waals surface area contributed by atoms with Gasteiger partial charge in [-0.15, -0.1) is 11.8 Å². The number of aliphatic hydroxyl groups excluding tert-OH is 1. The number of pyridine rings is 1. The van der Waals surface area contributed by atoms with Gasteiger partial charge >= 0.3 is 0 Å². The third-order valence-corrected chi connectivity index (χ3v) is 3.11. The second-order valence-corrected chi connectivity index (χ2v) is 3.96. The van der Waals surface area contributed by atoms with Crippen molar-refractivity contribution in [3.63, 3.8) is 0 Å². The van der Waals surface area contributed by atoms with Gasteiger partial charge in [-0.3, -0.25) is 0 Å². The molecule has 1 heterocycles. The molecule has 0 aromatic carbocycles. The maximum Gasteiger partial charge on any atom is 0.114 e. The van der Waals surface area contributed by atoms with Gasteiger partial charge in [0.2, 0.25) is 0 Å². The van der Waals surface area contributed by atoms with Crippen molar-refractivity contribution in [2.45, 2.75) is 31.9 Å². The lowest BCUT2D eigenvalue weighted by atomic mass is 10.0. The zero-order chi connectivity index (χ0) is 11.4. The second-order valence-electron chi connectivity index (χ2n) is 3.17. The highest BCUT2D eigenvalue weighted by Crippen LogP contribution is 2.25. The number of thioether (sulfide) groups is 1. The van der Waals surface area contributed by atoms with Gasteiger partial charge in [-0.2, -0.15) is 5.26 Å². The van der Waals surface area contributed by atoms with Gasteiger partial charge in [0, 0.05) is 11.3 Å². The normalized spacial score (nSPS) is 10.1. The van der Waals surface area contributed by atoms with E-state index >= 15 is 0 Å². The van der Waals surface area contributed by atoms with E-state index < -0.39 is 0 Å². The summed E-state index contributed by atoms with van der Waals surface area (Å²) in [4.78, 5) is 4.39. The molecule has 0 amide bonds. The summed E-state index contributed by atoms with van der Waals surface area (Å²) >= 11 is 1.47. The van der Waals surface area contributed by atoms with Crippen molar-refractivity contribution >= 4 is 11.8 Å². The second kappa shape index (κ2) is 5.15. The zero-order valence-corrected chi connectivity index (χ0v) is 9.98. The summed E-state index contributed by atoms with van der Waals surface area (Å²) in [6, 6.07) is 2.15. The molecule has 0 atom stereocenters. The summed E-state index contributed by atoms with van der Waals surface area (Å²) < 4.78 is 0. The van der Waals surface area contributed by atoms with E-state index in [9.17, 15) is 5.11 Å². The van der Waals surface area contributed by atoms with E-state index in [2.05, 4.69) is 11.1 Å². The molecule has 0 unspecified atom stereocenters. The fraction of sp³-hybridized carbons (Fsp3) is 0.455. The van der Waals surface area contributed by atoms with Crippen LogP contribution in [0.25, 0.3) is 0 Å². The highest BCUT2D eigenvalue weighted by atomic mass is 32.2. The minimum absolute atomic E-state index is 0.0503. The maximum atomic E-state index is 9.26. The van der Waals surface area contributed by atoms with Gasteiger partial charge in [0.15, 0.2) is 0 Å². The monoisotopic (exact) mass is 222 g/mol. The van der Waals surface area contributed by atoms with E-state index in [1.54, 1.807) is 0 Å². The van der Waals surface area contributed by atoms with Gasteiger partial charge in [0.05, 0.1) is 12.2 Å². The van der Waals surface area contributed by atoms with Gasteiger partial charge in [0.25, 0.3) is 0 Å². The van der Waals surface area contributed by atoms with Crippen LogP contribution < -0.4 is 0 Å². The highest BCUT2D eigenvalue weighted by molar-refractivity contribution is 7.98. The Bertz CT molecular complexity index is 410. The Labute approximate surface area is 94.2 Å². The first kappa shape index (κ1) is 12.0. The van der Waals surface area contributed by atoms with Gasteiger partial charge in [-0.05, 0) is 25.2 Å². The lowest BCUT2D eigenvalue weighted by Crippen LogP contribution is -2.04. The molecule has 80 valence electrons. The Kier molecular flexibility index (Phi) is 4.13. The van der Waals surface area contributed by atoms with Crippen LogP contribution in [0.15, 0.2) is 5.03 Å². The largest absolute Gasteiger partial charge is 0.392 e. The molecule has 15 heavy (non-hydrogen) atoms. The highest BCUT2D eigenvalue weighted by Gasteiger charge is 2.14. The predicted octanol–water partition coefficient (Wildman–Crippen LogP) is 2.04. The van der Waals surface area contributed by atoms with Crippen molar-refractivity contribution in [2.75, 3.05) is 6.26 Å². The van der Waals surface area contributed by atoms with Crippen molar-refractivity contribution in [3.05, 3.63) is 22.4 Å². The Balaban J connectivity index is 3.50. The van der Waals surface area contributed by atoms with Gasteiger partial charge < -0.3 is 5.11 Å². The standard InChI is InChI=1S/C11H14N2OS/c1-4-10-9(6-14)7(2)8(5-12)11(13-10)15-3/h14H,4,6H2,1-3H3. The summed E-state index contributed by atoms with van der Waals surface area (Å²) in [5.74, 6) is 0. The van der Waals surface area contributed by atoms with Crippen LogP contribution in [0.2, 0.25) is 0 Å². The Morgan fingerprint density at radius 3 is 2.60 bits per heavy atom. The predicted molar refractivity (Wildman–Crippen MR) is 60.8 cm³/mol. The molecule has 0 aliphatic carbocycles. The third-order valence-electron chi connectivity index (χ3n) is 2.42. The molecule has 0 saturated carbocycles. The minimum Gasteiger partial charge on any atom is -0.392 e. The summed E-state index contributed by atoms with van der Waals surface area (Å²) in [6.07, 6.45) is 2.68. The summed E-state index contributed by atoms with van der Waals surface area (Å²) in [5.41, 5.74) is 3.13. The van der Waals surface area contributed by atoms with Crippen LogP contribution in [-0.4, -0.2) is 16.3 Å². The molecule has 0 aliphatic heterocycles. The van der Waals surface area contributed by atoms with E-state index in [0.717, 1.165) is 28.3 Å². The Hall–Kier alpha value is -1.05. The third kappa shape index (κ3) is 2.14. The molecule has 4 heteroatoms. The van der Waals surface area contributed by atoms with Crippen LogP contribution in [0.4, 0.5) is 0 Å². The fourth-order valence-corrected chi connectivity index (χ4v) is 2.16. The molecule has 1 aromatic heterocycles. The zero-order valence-electron chi connectivity index (χ0n) is 9.16. The Morgan fingerprint density at radius 2 is 2.20 bits per heavy atom. The van der Waals surface area contributed by atoms with Crippen molar-refractivity contribution < 1.29 is 5.11 Å². The molecule has 1 rings (SSSR count). The molecule has 0 spiro atoms. The number of rotatable bonds is 3. The van der Waals surface area contributed by atoms with Crippen LogP contribution >= 0.6 is 11.8 Å². The fourth-order valence-electron chi connectivity index (χ4n) is 1.56. The molecule has 1 aromatic rings. The summed E-state index contributed by atoms with van der Waals surface area (Å²) in [5, 5.41) is 19.0. The van der Waals surface area contributed by atoms with Gasteiger partial charge in [0.1, 0.15) is 11.1 Å². The maximum absolute atomic E-state index is 9.26. The van der Waals surface area contributed by atoms with Crippen molar-refractivity contribution in [1.82, 2.24) is 4.98 Å². The van der Waals surface area contributed by atoms with E-state index in [-0.39, 0.29) is 6.61 Å². The topological polar surface area (TPSA) is 56.9 Å². The molecule has 0 aliphatic rings. The number of nitrogens with zero attached hydrogens (tertiary/aromatic N) is 2. The quantitative estimate of drug-likeness (QED) is 0.795. The number of aryl methyl sites for hydroxylation is 1. The molecule has 0 saturated heterocycles. The van der Waals surface area contributed by atoms with E-state index in [1.165, 1.54) is 11.8 Å². The number of hydrogen-bond donors (Lipinski definition) is 1. The molecular formula is C11H14N2OS. The van der Waals surface area contributed by atoms with Crippen LogP contribution in [0.1, 0.15) is 29.3 Å². The van der Waals surface area contributed by atoms with Crippen LogP contribution in [0.5, 0.6) is 0 Å². The van der Waals surface area contributed by atoms with Crippen molar-refractivity contribution in [1.29, 1.82) is 5.26 Å². The summed E-state index contributed by atoms with van der Waals surface area (Å²) in [7, 11) is 0. The molecule has 1 N–H and O–H groups in total. The molecular weight excluding hydrogens is 208 g/mol. The molecule has 0 radical (unpaired) electrons. The molecule has 3 nitrogen and oxygen atoms in total. The number of aromatic nitrogens is 1. The SMILES string of the molecule is CCc1nc(SC)c(C#N)c(C)c1CO. The van der Waals surface area contributed by atoms with E-state index in [1.807, 2.05) is 20.1 Å². The smallest absolute Gasteiger partial charge is 0.114 e. The van der Waals surface area contributed by atoms with Crippen molar-refractivity contribution in [2.24, 2.45) is 0 Å².